The van der Waals surface area contributed by atoms with Crippen LogP contribution in [-0.2, 0) is 14.3 Å². The summed E-state index contributed by atoms with van der Waals surface area (Å²) in [5.74, 6) is -0.780. The fraction of sp³-hybridized carbons (Fsp3) is 0.571. The van der Waals surface area contributed by atoms with Crippen molar-refractivity contribution >= 4 is 23.5 Å². The largest absolute Gasteiger partial charge is 0.465 e. The van der Waals surface area contributed by atoms with Gasteiger partial charge in [-0.1, -0.05) is 6.42 Å². The molecule has 2 amide bonds. The highest BCUT2D eigenvalue weighted by atomic mass is 16.5. The van der Waals surface area contributed by atoms with Crippen LogP contribution in [0.1, 0.15) is 42.5 Å². The van der Waals surface area contributed by atoms with E-state index in [0.717, 1.165) is 25.9 Å². The number of likely N-dealkylation sites (tertiary alicyclic amines) is 2. The van der Waals surface area contributed by atoms with Crippen molar-refractivity contribution in [3.63, 3.8) is 0 Å². The van der Waals surface area contributed by atoms with E-state index in [1.54, 1.807) is 24.3 Å². The molecule has 0 unspecified atom stereocenters. The molecule has 0 saturated carbocycles. The molecule has 2 heterocycles. The van der Waals surface area contributed by atoms with Gasteiger partial charge in [-0.2, -0.15) is 0 Å². The minimum absolute atomic E-state index is 0.125. The van der Waals surface area contributed by atoms with Crippen molar-refractivity contribution in [2.45, 2.75) is 37.6 Å². The maximum absolute atomic E-state index is 12.4. The average Bonchev–Trinajstić information content (AvgIpc) is 2.74. The van der Waals surface area contributed by atoms with Crippen LogP contribution in [-0.4, -0.2) is 73.0 Å². The molecular formula is C21H30N4O4. The van der Waals surface area contributed by atoms with Gasteiger partial charge in [-0.15, -0.1) is 0 Å². The van der Waals surface area contributed by atoms with Gasteiger partial charge in [0, 0.05) is 18.8 Å². The zero-order valence-corrected chi connectivity index (χ0v) is 17.0. The Balaban J connectivity index is 1.52. The van der Waals surface area contributed by atoms with E-state index in [9.17, 15) is 14.4 Å². The van der Waals surface area contributed by atoms with Gasteiger partial charge in [0.05, 0.1) is 19.2 Å². The monoisotopic (exact) mass is 402 g/mol. The summed E-state index contributed by atoms with van der Waals surface area (Å²) in [5.41, 5.74) is 6.30. The predicted molar refractivity (Wildman–Crippen MR) is 109 cm³/mol. The van der Waals surface area contributed by atoms with Crippen LogP contribution in [0.15, 0.2) is 24.3 Å². The highest BCUT2D eigenvalue weighted by molar-refractivity contribution is 5.94. The number of hydrogen-bond acceptors (Lipinski definition) is 6. The molecule has 0 radical (unpaired) electrons. The van der Waals surface area contributed by atoms with Crippen molar-refractivity contribution in [1.82, 2.24) is 9.80 Å². The first-order valence-corrected chi connectivity index (χ1v) is 10.2. The molecule has 0 bridgehead atoms. The minimum atomic E-state index is -0.572. The summed E-state index contributed by atoms with van der Waals surface area (Å²) in [6.45, 7) is 3.42. The number of nitrogens with two attached hydrogens (primary N) is 1. The summed E-state index contributed by atoms with van der Waals surface area (Å²) < 4.78 is 4.67. The van der Waals surface area contributed by atoms with E-state index >= 15 is 0 Å². The summed E-state index contributed by atoms with van der Waals surface area (Å²) in [5, 5.41) is 2.85. The van der Waals surface area contributed by atoms with Gasteiger partial charge in [0.25, 0.3) is 0 Å². The molecule has 29 heavy (non-hydrogen) atoms. The summed E-state index contributed by atoms with van der Waals surface area (Å²) in [7, 11) is 1.33. The van der Waals surface area contributed by atoms with Crippen molar-refractivity contribution < 1.29 is 19.1 Å². The van der Waals surface area contributed by atoms with Crippen molar-refractivity contribution in [3.05, 3.63) is 29.8 Å². The molecule has 2 aliphatic heterocycles. The smallest absolute Gasteiger partial charge is 0.337 e. The number of amides is 2. The Labute approximate surface area is 171 Å². The first kappa shape index (κ1) is 21.3. The van der Waals surface area contributed by atoms with Crippen molar-refractivity contribution in [3.8, 4) is 0 Å². The Bertz CT molecular complexity index is 736. The van der Waals surface area contributed by atoms with Crippen LogP contribution in [0.3, 0.4) is 0 Å². The van der Waals surface area contributed by atoms with E-state index in [1.807, 2.05) is 0 Å². The third-order valence-corrected chi connectivity index (χ3v) is 6.06. The van der Waals surface area contributed by atoms with E-state index in [1.165, 1.54) is 13.5 Å². The van der Waals surface area contributed by atoms with Crippen molar-refractivity contribution in [2.24, 2.45) is 5.73 Å². The molecule has 8 heteroatoms. The summed E-state index contributed by atoms with van der Waals surface area (Å²) in [6.07, 6.45) is 4.73. The topological polar surface area (TPSA) is 105 Å². The minimum Gasteiger partial charge on any atom is -0.465 e. The first-order valence-electron chi connectivity index (χ1n) is 10.2. The van der Waals surface area contributed by atoms with E-state index in [2.05, 4.69) is 19.9 Å². The summed E-state index contributed by atoms with van der Waals surface area (Å²) in [6, 6.07) is 6.58. The standard InChI is InChI=1S/C21H30N4O4/c1-29-19(27)16-5-7-17(8-6-16)23-18(26)15-24-13-9-21(10-14-24,20(22)28)25-11-3-2-4-12-25/h5-8H,2-4,9-15H2,1H3,(H2,22,28)(H,23,26). The van der Waals surface area contributed by atoms with Gasteiger partial charge in [0.2, 0.25) is 11.8 Å². The first-order chi connectivity index (χ1) is 13.9. The molecular weight excluding hydrogens is 372 g/mol. The molecule has 0 aromatic heterocycles. The van der Waals surface area contributed by atoms with Crippen LogP contribution in [0.2, 0.25) is 0 Å². The number of carbonyl (C=O) groups is 3. The van der Waals surface area contributed by atoms with Gasteiger partial charge >= 0.3 is 5.97 Å². The van der Waals surface area contributed by atoms with E-state index < -0.39 is 11.5 Å². The number of carbonyl (C=O) groups excluding carboxylic acids is 3. The lowest BCUT2D eigenvalue weighted by Gasteiger charge is -2.48. The lowest BCUT2D eigenvalue weighted by atomic mass is 9.83. The van der Waals surface area contributed by atoms with Crippen molar-refractivity contribution in [1.29, 1.82) is 0 Å². The molecule has 2 saturated heterocycles. The second-order valence-corrected chi connectivity index (χ2v) is 7.84. The number of esters is 1. The maximum atomic E-state index is 12.4. The zero-order valence-electron chi connectivity index (χ0n) is 17.0. The Morgan fingerprint density at radius 1 is 1.03 bits per heavy atom. The van der Waals surface area contributed by atoms with Crippen LogP contribution in [0.25, 0.3) is 0 Å². The van der Waals surface area contributed by atoms with Crippen molar-refractivity contribution in [2.75, 3.05) is 45.2 Å². The fourth-order valence-corrected chi connectivity index (χ4v) is 4.33. The highest BCUT2D eigenvalue weighted by Gasteiger charge is 2.45. The summed E-state index contributed by atoms with van der Waals surface area (Å²) in [4.78, 5) is 40.5. The van der Waals surface area contributed by atoms with Gasteiger partial charge in [-0.3, -0.25) is 19.4 Å². The van der Waals surface area contributed by atoms with Crippen LogP contribution >= 0.6 is 0 Å². The maximum Gasteiger partial charge on any atom is 0.337 e. The zero-order chi connectivity index (χ0) is 20.9. The average molecular weight is 402 g/mol. The van der Waals surface area contributed by atoms with Gasteiger partial charge in [0.1, 0.15) is 5.54 Å². The summed E-state index contributed by atoms with van der Waals surface area (Å²) >= 11 is 0. The number of benzene rings is 1. The molecule has 3 N–H and O–H groups in total. The number of hydrogen-bond donors (Lipinski definition) is 2. The second-order valence-electron chi connectivity index (χ2n) is 7.84. The number of nitrogens with zero attached hydrogens (tertiary/aromatic N) is 2. The third kappa shape index (κ3) is 4.94. The SMILES string of the molecule is COC(=O)c1ccc(NC(=O)CN2CCC(C(N)=O)(N3CCCCC3)CC2)cc1. The van der Waals surface area contributed by atoms with E-state index in [4.69, 9.17) is 5.73 Å². The number of ether oxygens (including phenoxy) is 1. The molecule has 0 aliphatic carbocycles. The van der Waals surface area contributed by atoms with Gasteiger partial charge < -0.3 is 15.8 Å². The molecule has 8 nitrogen and oxygen atoms in total. The van der Waals surface area contributed by atoms with Gasteiger partial charge in [-0.05, 0) is 63.0 Å². The molecule has 3 rings (SSSR count). The lowest BCUT2D eigenvalue weighted by Crippen LogP contribution is -2.63. The number of methoxy groups -OCH3 is 1. The highest BCUT2D eigenvalue weighted by Crippen LogP contribution is 2.31. The molecule has 2 aliphatic rings. The quantitative estimate of drug-likeness (QED) is 0.693. The molecule has 0 spiro atoms. The number of primary amides is 1. The number of rotatable bonds is 6. The van der Waals surface area contributed by atoms with E-state index in [-0.39, 0.29) is 18.4 Å². The van der Waals surface area contributed by atoms with Crippen LogP contribution in [0.5, 0.6) is 0 Å². The van der Waals surface area contributed by atoms with Crippen LogP contribution in [0, 0.1) is 0 Å². The van der Waals surface area contributed by atoms with Crippen LogP contribution < -0.4 is 11.1 Å². The second kappa shape index (κ2) is 9.37. The van der Waals surface area contributed by atoms with E-state index in [0.29, 0.717) is 37.2 Å². The molecule has 0 atom stereocenters. The number of nitrogens with one attached hydrogen (secondary N) is 1. The van der Waals surface area contributed by atoms with Gasteiger partial charge in [0.15, 0.2) is 0 Å². The molecule has 1 aromatic rings. The van der Waals surface area contributed by atoms with Crippen LogP contribution in [0.4, 0.5) is 5.69 Å². The number of anilines is 1. The Morgan fingerprint density at radius 3 is 2.21 bits per heavy atom. The Hall–Kier alpha value is -2.45. The lowest BCUT2D eigenvalue weighted by molar-refractivity contribution is -0.135. The molecule has 158 valence electrons. The Morgan fingerprint density at radius 2 is 1.66 bits per heavy atom. The van der Waals surface area contributed by atoms with Gasteiger partial charge in [-0.25, -0.2) is 4.79 Å². The predicted octanol–water partition coefficient (Wildman–Crippen LogP) is 1.22. The number of piperidine rings is 2. The third-order valence-electron chi connectivity index (χ3n) is 6.06. The fourth-order valence-electron chi connectivity index (χ4n) is 4.33. The Kier molecular flexibility index (Phi) is 6.87. The normalized spacial score (nSPS) is 20.0. The molecule has 1 aromatic carbocycles. The molecule has 2 fully saturated rings.